The van der Waals surface area contributed by atoms with E-state index in [1.54, 1.807) is 12.1 Å². The van der Waals surface area contributed by atoms with E-state index in [1.807, 2.05) is 13.8 Å². The maximum Gasteiger partial charge on any atom is 0.240 e. The van der Waals surface area contributed by atoms with E-state index < -0.39 is 10.0 Å². The van der Waals surface area contributed by atoms with Gasteiger partial charge in [0, 0.05) is 11.7 Å². The fraction of sp³-hybridized carbons (Fsp3) is 0.600. The molecule has 0 radical (unpaired) electrons. The van der Waals surface area contributed by atoms with E-state index in [-0.39, 0.29) is 10.9 Å². The maximum atomic E-state index is 12.3. The summed E-state index contributed by atoms with van der Waals surface area (Å²) in [5.74, 6) is 0.571. The fourth-order valence-corrected chi connectivity index (χ4v) is 3.35. The van der Waals surface area contributed by atoms with E-state index in [4.69, 9.17) is 5.73 Å². The highest BCUT2D eigenvalue weighted by molar-refractivity contribution is 7.89. The third-order valence-electron chi connectivity index (χ3n) is 3.34. The molecule has 0 saturated carbocycles. The highest BCUT2D eigenvalue weighted by Gasteiger charge is 2.18. The number of hydrogen-bond donors (Lipinski definition) is 2. The molecule has 0 spiro atoms. The molecule has 5 heteroatoms. The minimum absolute atomic E-state index is 0.0746. The van der Waals surface area contributed by atoms with E-state index in [9.17, 15) is 8.42 Å². The summed E-state index contributed by atoms with van der Waals surface area (Å²) in [4.78, 5) is 0.239. The molecule has 0 amide bonds. The van der Waals surface area contributed by atoms with E-state index >= 15 is 0 Å². The van der Waals surface area contributed by atoms with Crippen LogP contribution in [0.3, 0.4) is 0 Å². The van der Waals surface area contributed by atoms with Crippen molar-refractivity contribution in [1.82, 2.24) is 4.72 Å². The van der Waals surface area contributed by atoms with Crippen molar-refractivity contribution in [3.05, 3.63) is 23.8 Å². The highest BCUT2D eigenvalue weighted by atomic mass is 32.2. The van der Waals surface area contributed by atoms with Crippen molar-refractivity contribution < 1.29 is 8.42 Å². The van der Waals surface area contributed by atoms with Gasteiger partial charge in [-0.2, -0.15) is 0 Å². The van der Waals surface area contributed by atoms with Crippen molar-refractivity contribution in [3.63, 3.8) is 0 Å². The van der Waals surface area contributed by atoms with Crippen molar-refractivity contribution in [2.45, 2.75) is 57.9 Å². The second kappa shape index (κ2) is 7.09. The molecule has 1 aromatic carbocycles. The number of aryl methyl sites for hydroxylation is 1. The average Bonchev–Trinajstić information content (AvgIpc) is 2.35. The van der Waals surface area contributed by atoms with Gasteiger partial charge >= 0.3 is 0 Å². The topological polar surface area (TPSA) is 72.2 Å². The zero-order chi connectivity index (χ0) is 15.3. The Kier molecular flexibility index (Phi) is 6.02. The lowest BCUT2D eigenvalue weighted by molar-refractivity contribution is 0.485. The molecule has 20 heavy (non-hydrogen) atoms. The third kappa shape index (κ3) is 4.80. The molecule has 3 N–H and O–H groups in total. The van der Waals surface area contributed by atoms with Gasteiger partial charge in [-0.3, -0.25) is 0 Å². The monoisotopic (exact) mass is 298 g/mol. The van der Waals surface area contributed by atoms with Gasteiger partial charge in [0.15, 0.2) is 0 Å². The van der Waals surface area contributed by atoms with Crippen LogP contribution in [0.2, 0.25) is 0 Å². The number of nitrogen functional groups attached to an aromatic ring is 1. The molecule has 0 aromatic heterocycles. The Morgan fingerprint density at radius 3 is 2.35 bits per heavy atom. The second-order valence-electron chi connectivity index (χ2n) is 5.71. The number of nitrogens with two attached hydrogens (primary N) is 1. The van der Waals surface area contributed by atoms with Gasteiger partial charge in [0.1, 0.15) is 0 Å². The summed E-state index contributed by atoms with van der Waals surface area (Å²) in [6.07, 6.45) is 2.63. The molecule has 0 bridgehead atoms. The summed E-state index contributed by atoms with van der Waals surface area (Å²) in [7, 11) is -3.48. The van der Waals surface area contributed by atoms with Crippen molar-refractivity contribution in [2.24, 2.45) is 5.92 Å². The first kappa shape index (κ1) is 17.0. The number of sulfonamides is 1. The van der Waals surface area contributed by atoms with Crippen molar-refractivity contribution >= 4 is 15.7 Å². The molecule has 1 rings (SSSR count). The van der Waals surface area contributed by atoms with Crippen LogP contribution in [0.25, 0.3) is 0 Å². The lowest BCUT2D eigenvalue weighted by atomic mass is 10.1. The Bertz CT molecular complexity index is 539. The molecular weight excluding hydrogens is 272 g/mol. The van der Waals surface area contributed by atoms with Crippen LogP contribution >= 0.6 is 0 Å². The largest absolute Gasteiger partial charge is 0.398 e. The second-order valence-corrected chi connectivity index (χ2v) is 7.42. The molecule has 0 fully saturated rings. The van der Waals surface area contributed by atoms with Crippen molar-refractivity contribution in [3.8, 4) is 0 Å². The fourth-order valence-electron chi connectivity index (χ4n) is 2.04. The number of nitrogens with one attached hydrogen (secondary N) is 1. The average molecular weight is 298 g/mol. The molecule has 0 aliphatic heterocycles. The Morgan fingerprint density at radius 1 is 1.20 bits per heavy atom. The van der Waals surface area contributed by atoms with Crippen LogP contribution in [0.5, 0.6) is 0 Å². The molecule has 4 nitrogen and oxygen atoms in total. The Labute approximate surface area is 122 Å². The molecular formula is C15H26N2O2S. The summed E-state index contributed by atoms with van der Waals surface area (Å²) in [5, 5.41) is 0. The first-order valence-corrected chi connectivity index (χ1v) is 8.65. The van der Waals surface area contributed by atoms with Crippen LogP contribution < -0.4 is 10.5 Å². The van der Waals surface area contributed by atoms with Crippen LogP contribution in [-0.4, -0.2) is 14.5 Å². The van der Waals surface area contributed by atoms with Gasteiger partial charge in [-0.05, 0) is 49.8 Å². The highest BCUT2D eigenvalue weighted by Crippen LogP contribution is 2.19. The number of hydrogen-bond acceptors (Lipinski definition) is 3. The number of anilines is 1. The van der Waals surface area contributed by atoms with Crippen molar-refractivity contribution in [1.29, 1.82) is 0 Å². The third-order valence-corrected chi connectivity index (χ3v) is 4.93. The molecule has 0 aliphatic carbocycles. The summed E-state index contributed by atoms with van der Waals surface area (Å²) < 4.78 is 27.3. The lowest BCUT2D eigenvalue weighted by Gasteiger charge is -2.16. The van der Waals surface area contributed by atoms with Crippen LogP contribution in [0.4, 0.5) is 5.69 Å². The quantitative estimate of drug-likeness (QED) is 0.760. The minimum Gasteiger partial charge on any atom is -0.398 e. The van der Waals surface area contributed by atoms with Gasteiger partial charge in [-0.15, -0.1) is 0 Å². The molecule has 0 heterocycles. The first-order valence-electron chi connectivity index (χ1n) is 7.17. The zero-order valence-electron chi connectivity index (χ0n) is 12.8. The number of rotatable bonds is 7. The molecule has 1 atom stereocenters. The summed E-state index contributed by atoms with van der Waals surface area (Å²) in [5.41, 5.74) is 7.37. The van der Waals surface area contributed by atoms with Gasteiger partial charge in [0.25, 0.3) is 0 Å². The van der Waals surface area contributed by atoms with Gasteiger partial charge in [-0.25, -0.2) is 13.1 Å². The van der Waals surface area contributed by atoms with Gasteiger partial charge < -0.3 is 5.73 Å². The van der Waals surface area contributed by atoms with Gasteiger partial charge in [0.05, 0.1) is 4.90 Å². The zero-order valence-corrected chi connectivity index (χ0v) is 13.6. The summed E-state index contributed by atoms with van der Waals surface area (Å²) >= 11 is 0. The van der Waals surface area contributed by atoms with Crippen molar-refractivity contribution in [2.75, 3.05) is 5.73 Å². The number of benzene rings is 1. The van der Waals surface area contributed by atoms with E-state index in [0.717, 1.165) is 24.8 Å². The van der Waals surface area contributed by atoms with Crippen LogP contribution in [0.15, 0.2) is 23.1 Å². The molecule has 114 valence electrons. The summed E-state index contributed by atoms with van der Waals surface area (Å²) in [6, 6.07) is 4.86. The van der Waals surface area contributed by atoms with E-state index in [1.165, 1.54) is 6.07 Å². The lowest BCUT2D eigenvalue weighted by Crippen LogP contribution is -2.32. The van der Waals surface area contributed by atoms with Crippen LogP contribution in [0, 0.1) is 5.92 Å². The molecule has 1 aromatic rings. The van der Waals surface area contributed by atoms with E-state index in [2.05, 4.69) is 18.6 Å². The normalized spacial score (nSPS) is 13.7. The minimum atomic E-state index is -3.48. The predicted octanol–water partition coefficient (Wildman–Crippen LogP) is 2.93. The Hall–Kier alpha value is -1.07. The molecule has 0 aliphatic rings. The Balaban J connectivity index is 2.81. The molecule has 0 saturated heterocycles. The Morgan fingerprint density at radius 2 is 1.85 bits per heavy atom. The maximum absolute atomic E-state index is 12.3. The SMILES string of the molecule is CCc1ccc(S(=O)(=O)NC(C)CCC(C)C)cc1N. The van der Waals surface area contributed by atoms with Gasteiger partial charge in [-0.1, -0.05) is 26.8 Å². The van der Waals surface area contributed by atoms with Crippen LogP contribution in [-0.2, 0) is 16.4 Å². The smallest absolute Gasteiger partial charge is 0.240 e. The standard InChI is InChI=1S/C15H26N2O2S/c1-5-13-8-9-14(10-15(13)16)20(18,19)17-12(4)7-6-11(2)3/h8-12,17H,5-7,16H2,1-4H3. The van der Waals surface area contributed by atoms with Gasteiger partial charge in [0.2, 0.25) is 10.0 Å². The first-order chi connectivity index (χ1) is 9.26. The van der Waals surface area contributed by atoms with Crippen LogP contribution in [0.1, 0.15) is 46.1 Å². The van der Waals surface area contributed by atoms with E-state index in [0.29, 0.717) is 11.6 Å². The summed E-state index contributed by atoms with van der Waals surface area (Å²) in [6.45, 7) is 8.15. The molecule has 1 unspecified atom stereocenters. The predicted molar refractivity (Wildman–Crippen MR) is 84.1 cm³/mol.